The van der Waals surface area contributed by atoms with E-state index in [1.54, 1.807) is 0 Å². The monoisotopic (exact) mass is 1020 g/mol. The first-order chi connectivity index (χ1) is 30.9. The third kappa shape index (κ3) is 20.5. The molecule has 376 valence electrons. The van der Waals surface area contributed by atoms with Gasteiger partial charge >= 0.3 is 0 Å². The fourth-order valence-electron chi connectivity index (χ4n) is 6.37. The normalized spacial score (nSPS) is 20.8. The van der Waals surface area contributed by atoms with E-state index >= 15 is 0 Å². The molecule has 1 aliphatic rings. The van der Waals surface area contributed by atoms with Crippen molar-refractivity contribution in [3.63, 3.8) is 0 Å². The average Bonchev–Trinajstić information content (AvgIpc) is 3.79. The van der Waals surface area contributed by atoms with Crippen LogP contribution in [-0.4, -0.2) is 114 Å². The van der Waals surface area contributed by atoms with Crippen LogP contribution >= 0.6 is 35.2 Å². The van der Waals surface area contributed by atoms with E-state index in [1.165, 1.54) is 58.8 Å². The summed E-state index contributed by atoms with van der Waals surface area (Å²) < 4.78 is 60.7. The van der Waals surface area contributed by atoms with Crippen LogP contribution in [0.2, 0.25) is 0 Å². The number of phosphoric acid groups is 3. The van der Waals surface area contributed by atoms with Gasteiger partial charge in [0.1, 0.15) is 36.3 Å². The molecular weight excluding hydrogens is 955 g/mol. The summed E-state index contributed by atoms with van der Waals surface area (Å²) in [5.74, 6) is -1.36. The highest BCUT2D eigenvalue weighted by Gasteiger charge is 2.47. The summed E-state index contributed by atoms with van der Waals surface area (Å²) in [6.45, 7) is 2.17. The molecule has 0 aliphatic carbocycles. The van der Waals surface area contributed by atoms with E-state index in [4.69, 9.17) is 10.5 Å². The average molecular weight is 1020 g/mol. The highest BCUT2D eigenvalue weighted by atomic mass is 32.2. The molecule has 1 aliphatic heterocycles. The molecule has 3 heterocycles. The number of hydrogen-bond donors (Lipinski definition) is 6. The largest absolute Gasteiger partial charge is 0.790 e. The number of fused-ring (bicyclic) bond motifs is 1. The predicted octanol–water partition coefficient (Wildman–Crippen LogP) is 0.365. The number of carbonyl (C=O) groups excluding carboxylic acids is 3. The number of nitrogens with zero attached hydrogens (tertiary/aromatic N) is 4. The van der Waals surface area contributed by atoms with Gasteiger partial charge in [-0.15, -0.1) is 0 Å². The molecule has 0 saturated carbocycles. The van der Waals surface area contributed by atoms with Crippen LogP contribution in [0.3, 0.4) is 0 Å². The van der Waals surface area contributed by atoms with Crippen molar-refractivity contribution < 1.29 is 85.6 Å². The number of aliphatic hydroxyl groups is 3. The number of imidazole rings is 1. The number of unbranched alkanes of at least 4 members (excludes halogenated alkanes) is 8. The van der Waals surface area contributed by atoms with Gasteiger partial charge in [-0.2, -0.15) is 0 Å². The second-order valence-electron chi connectivity index (χ2n) is 16.0. The lowest BCUT2D eigenvalue weighted by atomic mass is 9.87. The van der Waals surface area contributed by atoms with Gasteiger partial charge in [-0.3, -0.25) is 28.1 Å². The Kier molecular flexibility index (Phi) is 23.9. The quantitative estimate of drug-likeness (QED) is 0.0327. The Morgan fingerprint density at radius 2 is 1.64 bits per heavy atom. The summed E-state index contributed by atoms with van der Waals surface area (Å²) >= 11 is 0.962. The minimum Gasteiger partial charge on any atom is -0.790 e. The van der Waals surface area contributed by atoms with Crippen LogP contribution in [0.4, 0.5) is 5.82 Å². The van der Waals surface area contributed by atoms with Gasteiger partial charge in [0.15, 0.2) is 22.8 Å². The fourth-order valence-corrected chi connectivity index (χ4v) is 9.85. The SMILES string of the molecule is CCCCCCCCCC/C=C\C[C@H](O)CC(=O)SCCNC(=O)CCNC(=O)[C@H](O)C(C)(C)COP(=O)([O-])OP(=O)([O-])OC[C@H]1O[C@@H](n2cnc3c(N)ncnc32)[C@H](O)[C@@H]1OP(=O)([O-])[O-]. The Hall–Kier alpha value is -2.74. The molecule has 2 aromatic rings. The number of amides is 2. The van der Waals surface area contributed by atoms with Crippen LogP contribution in [0.5, 0.6) is 0 Å². The van der Waals surface area contributed by atoms with Crippen LogP contribution in [0.25, 0.3) is 11.2 Å². The zero-order valence-corrected chi connectivity index (χ0v) is 40.4. The highest BCUT2D eigenvalue weighted by Crippen LogP contribution is 2.56. The fraction of sp³-hybridized carbons (Fsp3) is 0.730. The molecule has 29 heteroatoms. The molecule has 2 amide bonds. The molecule has 0 spiro atoms. The first-order valence-electron chi connectivity index (χ1n) is 21.3. The van der Waals surface area contributed by atoms with Crippen molar-refractivity contribution in [2.75, 3.05) is 37.8 Å². The number of ether oxygens (including phenoxy) is 1. The lowest BCUT2D eigenvalue weighted by Gasteiger charge is -2.36. The van der Waals surface area contributed by atoms with Crippen molar-refractivity contribution in [1.29, 1.82) is 0 Å². The highest BCUT2D eigenvalue weighted by molar-refractivity contribution is 8.13. The predicted molar refractivity (Wildman–Crippen MR) is 230 cm³/mol. The number of anilines is 1. The van der Waals surface area contributed by atoms with Gasteiger partial charge in [-0.25, -0.2) is 19.3 Å². The summed E-state index contributed by atoms with van der Waals surface area (Å²) in [6.07, 6.45) is 6.56. The third-order valence-corrected chi connectivity index (χ3v) is 13.9. The van der Waals surface area contributed by atoms with Gasteiger partial charge in [0.05, 0.1) is 33.5 Å². The Bertz CT molecular complexity index is 2040. The molecule has 1 fully saturated rings. The Labute approximate surface area is 386 Å². The van der Waals surface area contributed by atoms with Gasteiger partial charge in [0, 0.05) is 37.1 Å². The minimum absolute atomic E-state index is 0.0250. The number of carbonyl (C=O) groups is 3. The summed E-state index contributed by atoms with van der Waals surface area (Å²) in [4.78, 5) is 96.8. The number of allylic oxidation sites excluding steroid dienone is 1. The molecule has 0 bridgehead atoms. The van der Waals surface area contributed by atoms with Crippen molar-refractivity contribution in [2.24, 2.45) is 5.41 Å². The van der Waals surface area contributed by atoms with Gasteiger partial charge in [-0.05, 0) is 19.3 Å². The maximum absolute atomic E-state index is 12.6. The van der Waals surface area contributed by atoms with E-state index in [0.717, 1.165) is 41.8 Å². The molecule has 2 unspecified atom stereocenters. The molecule has 0 radical (unpaired) electrons. The van der Waals surface area contributed by atoms with E-state index in [2.05, 4.69) is 50.4 Å². The summed E-state index contributed by atoms with van der Waals surface area (Å²) in [5, 5.41) is 36.3. The number of nitrogens with two attached hydrogens (primary N) is 1. The van der Waals surface area contributed by atoms with Crippen molar-refractivity contribution in [3.05, 3.63) is 24.8 Å². The number of phosphoric ester groups is 3. The number of aromatic nitrogens is 4. The Morgan fingerprint density at radius 1 is 0.970 bits per heavy atom. The number of rotatable bonds is 32. The zero-order valence-electron chi connectivity index (χ0n) is 36.9. The van der Waals surface area contributed by atoms with Crippen LogP contribution in [0, 0.1) is 5.41 Å². The number of nitrogen functional groups attached to an aromatic ring is 1. The van der Waals surface area contributed by atoms with Gasteiger partial charge in [0.25, 0.3) is 15.6 Å². The second-order valence-corrected chi connectivity index (χ2v) is 21.2. The standard InChI is InChI=1S/C37H64N7O18P3S/c1-4-5-6-7-8-9-10-11-12-13-14-15-25(45)20-28(47)66-19-18-39-27(46)16-17-40-35(50)32(49)37(2,3)22-59-65(56,57)62-64(54,55)58-21-26-31(61-63(51,52)53)30(48)36(60-26)44-24-43-29-33(38)41-23-42-34(29)44/h13-14,23-26,30-32,36,45,48-49H,4-12,15-22H2,1-3H3,(H,39,46)(H,40,50)(H,54,55)(H,56,57)(H2,38,41,42)(H2,51,52,53)/p-4/b14-13-/t25-,26+,30+,31+,32-,36+/m0/s1. The smallest absolute Gasteiger partial charge is 0.274 e. The van der Waals surface area contributed by atoms with Gasteiger partial charge in [0.2, 0.25) is 11.8 Å². The minimum atomic E-state index is -5.93. The molecule has 7 N–H and O–H groups in total. The number of nitrogens with one attached hydrogen (secondary N) is 2. The van der Waals surface area contributed by atoms with E-state index in [-0.39, 0.29) is 53.8 Å². The summed E-state index contributed by atoms with van der Waals surface area (Å²) in [7, 11) is -17.6. The summed E-state index contributed by atoms with van der Waals surface area (Å²) in [5.41, 5.74) is 4.05. The van der Waals surface area contributed by atoms with Crippen molar-refractivity contribution in [2.45, 2.75) is 135 Å². The van der Waals surface area contributed by atoms with E-state index < -0.39 is 90.7 Å². The maximum Gasteiger partial charge on any atom is 0.274 e. The number of hydrogen-bond acceptors (Lipinski definition) is 23. The molecule has 66 heavy (non-hydrogen) atoms. The number of aliphatic hydroxyl groups excluding tert-OH is 3. The molecule has 3 rings (SSSR count). The van der Waals surface area contributed by atoms with E-state index in [0.29, 0.717) is 6.42 Å². The molecular formula is C37H60N7O18P3S-4. The second kappa shape index (κ2) is 27.4. The van der Waals surface area contributed by atoms with Crippen LogP contribution in [-0.2, 0) is 50.7 Å². The molecule has 8 atom stereocenters. The van der Waals surface area contributed by atoms with Gasteiger partial charge in [-0.1, -0.05) is 89.6 Å². The van der Waals surface area contributed by atoms with Crippen LogP contribution < -0.4 is 35.9 Å². The first kappa shape index (κ1) is 57.6. The van der Waals surface area contributed by atoms with Crippen molar-refractivity contribution in [3.8, 4) is 0 Å². The third-order valence-electron chi connectivity index (χ3n) is 9.94. The first-order valence-corrected chi connectivity index (χ1v) is 26.6. The molecule has 2 aromatic heterocycles. The van der Waals surface area contributed by atoms with Crippen molar-refractivity contribution >= 4 is 69.1 Å². The van der Waals surface area contributed by atoms with E-state index in [1.807, 2.05) is 12.2 Å². The lowest BCUT2D eigenvalue weighted by molar-refractivity contribution is -0.347. The summed E-state index contributed by atoms with van der Waals surface area (Å²) in [6, 6.07) is 0. The Balaban J connectivity index is 1.35. The molecule has 25 nitrogen and oxygen atoms in total. The van der Waals surface area contributed by atoms with Gasteiger partial charge < -0.3 is 74.1 Å². The van der Waals surface area contributed by atoms with E-state index in [9.17, 15) is 63.0 Å². The topological polar surface area (TPSA) is 395 Å². The Morgan fingerprint density at radius 3 is 2.32 bits per heavy atom. The zero-order chi connectivity index (χ0) is 49.1. The lowest BCUT2D eigenvalue weighted by Crippen LogP contribution is -2.46. The molecule has 0 aromatic carbocycles. The molecule has 1 saturated heterocycles. The van der Waals surface area contributed by atoms with Crippen LogP contribution in [0.1, 0.15) is 104 Å². The number of thioether (sulfide) groups is 1. The maximum atomic E-state index is 12.6. The van der Waals surface area contributed by atoms with Crippen LogP contribution in [0.15, 0.2) is 24.8 Å². The van der Waals surface area contributed by atoms with Crippen molar-refractivity contribution in [1.82, 2.24) is 30.2 Å².